The zero-order valence-electron chi connectivity index (χ0n) is 14.4. The molecule has 1 N–H and O–H groups in total. The number of aromatic nitrogens is 2. The highest BCUT2D eigenvalue weighted by molar-refractivity contribution is 5.89. The summed E-state index contributed by atoms with van der Waals surface area (Å²) in [6.45, 7) is 2.30. The molecule has 128 valence electrons. The molecule has 0 spiro atoms. The van der Waals surface area contributed by atoms with Crippen LogP contribution in [0.4, 0.5) is 10.5 Å². The van der Waals surface area contributed by atoms with E-state index in [9.17, 15) is 4.79 Å². The zero-order valence-corrected chi connectivity index (χ0v) is 14.4. The normalized spacial score (nSPS) is 15.7. The molecule has 1 aliphatic heterocycles. The summed E-state index contributed by atoms with van der Waals surface area (Å²) in [5.74, 6) is 0. The average Bonchev–Trinajstić information content (AvgIpc) is 3.02. The van der Waals surface area contributed by atoms with Crippen LogP contribution in [-0.4, -0.2) is 58.8 Å². The van der Waals surface area contributed by atoms with Gasteiger partial charge in [0.25, 0.3) is 0 Å². The number of hydrogen-bond acceptors (Lipinski definition) is 3. The number of nitrogens with one attached hydrogen (secondary N) is 1. The van der Waals surface area contributed by atoms with E-state index in [0.29, 0.717) is 12.6 Å². The summed E-state index contributed by atoms with van der Waals surface area (Å²) in [5.41, 5.74) is 1.93. The zero-order chi connectivity index (χ0) is 16.9. The van der Waals surface area contributed by atoms with Crippen LogP contribution >= 0.6 is 0 Å². The van der Waals surface area contributed by atoms with Gasteiger partial charge in [-0.1, -0.05) is 30.3 Å². The Morgan fingerprint density at radius 2 is 1.96 bits per heavy atom. The summed E-state index contributed by atoms with van der Waals surface area (Å²) in [6, 6.07) is 10.7. The van der Waals surface area contributed by atoms with Crippen LogP contribution in [0, 0.1) is 0 Å². The van der Waals surface area contributed by atoms with Crippen molar-refractivity contribution in [2.45, 2.75) is 25.4 Å². The van der Waals surface area contributed by atoms with Crippen LogP contribution in [0.5, 0.6) is 0 Å². The number of piperidine rings is 1. The molecular formula is C18H25N5O. The van der Waals surface area contributed by atoms with Crippen LogP contribution in [0.25, 0.3) is 0 Å². The van der Waals surface area contributed by atoms with Crippen molar-refractivity contribution in [2.24, 2.45) is 0 Å². The largest absolute Gasteiger partial charge is 0.324 e. The third kappa shape index (κ3) is 4.14. The predicted molar refractivity (Wildman–Crippen MR) is 95.1 cm³/mol. The van der Waals surface area contributed by atoms with Crippen LogP contribution in [0.1, 0.15) is 18.4 Å². The molecule has 1 aliphatic rings. The molecule has 1 aromatic heterocycles. The van der Waals surface area contributed by atoms with E-state index in [0.717, 1.165) is 31.6 Å². The number of hydrogen-bond donors (Lipinski definition) is 1. The maximum Gasteiger partial charge on any atom is 0.321 e. The summed E-state index contributed by atoms with van der Waals surface area (Å²) < 4.78 is 1.84. The number of nitrogens with zero attached hydrogens (tertiary/aromatic N) is 4. The number of benzene rings is 1. The molecule has 1 saturated heterocycles. The van der Waals surface area contributed by atoms with Crippen molar-refractivity contribution in [3.63, 3.8) is 0 Å². The fraction of sp³-hybridized carbons (Fsp3) is 0.444. The van der Waals surface area contributed by atoms with Crippen LogP contribution in [-0.2, 0) is 6.54 Å². The smallest absolute Gasteiger partial charge is 0.321 e. The highest BCUT2D eigenvalue weighted by atomic mass is 16.2. The second-order valence-electron chi connectivity index (χ2n) is 6.52. The first-order valence-electron chi connectivity index (χ1n) is 8.40. The van der Waals surface area contributed by atoms with Gasteiger partial charge >= 0.3 is 6.03 Å². The van der Waals surface area contributed by atoms with Crippen molar-refractivity contribution in [1.29, 1.82) is 0 Å². The molecule has 2 amide bonds. The van der Waals surface area contributed by atoms with Gasteiger partial charge in [-0.25, -0.2) is 4.79 Å². The predicted octanol–water partition coefficient (Wildman–Crippen LogP) is 2.49. The van der Waals surface area contributed by atoms with Gasteiger partial charge in [0.05, 0.1) is 18.4 Å². The maximum absolute atomic E-state index is 12.4. The Morgan fingerprint density at radius 1 is 1.25 bits per heavy atom. The summed E-state index contributed by atoms with van der Waals surface area (Å²) >= 11 is 0. The van der Waals surface area contributed by atoms with E-state index in [1.165, 1.54) is 5.56 Å². The highest BCUT2D eigenvalue weighted by Gasteiger charge is 2.23. The summed E-state index contributed by atoms with van der Waals surface area (Å²) in [5, 5.41) is 7.27. The quantitative estimate of drug-likeness (QED) is 0.939. The lowest BCUT2D eigenvalue weighted by Gasteiger charge is -2.35. The van der Waals surface area contributed by atoms with Gasteiger partial charge in [-0.3, -0.25) is 4.68 Å². The lowest BCUT2D eigenvalue weighted by atomic mass is 10.0. The number of urea groups is 1. The Hall–Kier alpha value is -2.34. The second kappa shape index (κ2) is 7.49. The van der Waals surface area contributed by atoms with Crippen molar-refractivity contribution in [3.8, 4) is 0 Å². The minimum absolute atomic E-state index is 0.0357. The van der Waals surface area contributed by atoms with Gasteiger partial charge < -0.3 is 15.1 Å². The molecule has 6 nitrogen and oxygen atoms in total. The Balaban J connectivity index is 1.52. The number of carbonyl (C=O) groups excluding carboxylic acids is 1. The third-order valence-electron chi connectivity index (χ3n) is 4.55. The van der Waals surface area contributed by atoms with E-state index in [2.05, 4.69) is 41.5 Å². The molecule has 2 heterocycles. The molecule has 1 fully saturated rings. The van der Waals surface area contributed by atoms with E-state index in [1.54, 1.807) is 6.20 Å². The molecule has 24 heavy (non-hydrogen) atoms. The number of amides is 2. The Kier molecular flexibility index (Phi) is 5.15. The first-order valence-corrected chi connectivity index (χ1v) is 8.40. The maximum atomic E-state index is 12.4. The highest BCUT2D eigenvalue weighted by Crippen LogP contribution is 2.16. The van der Waals surface area contributed by atoms with Crippen molar-refractivity contribution in [3.05, 3.63) is 48.3 Å². The monoisotopic (exact) mass is 327 g/mol. The second-order valence-corrected chi connectivity index (χ2v) is 6.52. The lowest BCUT2D eigenvalue weighted by Crippen LogP contribution is -2.45. The van der Waals surface area contributed by atoms with Crippen molar-refractivity contribution >= 4 is 11.7 Å². The van der Waals surface area contributed by atoms with Gasteiger partial charge in [0.15, 0.2) is 0 Å². The molecule has 1 aromatic carbocycles. The topological polar surface area (TPSA) is 53.4 Å². The van der Waals surface area contributed by atoms with Crippen molar-refractivity contribution < 1.29 is 4.79 Å². The Morgan fingerprint density at radius 3 is 2.62 bits per heavy atom. The molecule has 6 heteroatoms. The first kappa shape index (κ1) is 16.5. The van der Waals surface area contributed by atoms with Gasteiger partial charge in [0.1, 0.15) is 0 Å². The molecule has 0 atom stereocenters. The first-order chi connectivity index (χ1) is 11.6. The molecule has 0 bridgehead atoms. The summed E-state index contributed by atoms with van der Waals surface area (Å²) in [7, 11) is 4.20. The van der Waals surface area contributed by atoms with Gasteiger partial charge in [-0.15, -0.1) is 0 Å². The van der Waals surface area contributed by atoms with E-state index < -0.39 is 0 Å². The third-order valence-corrected chi connectivity index (χ3v) is 4.55. The van der Waals surface area contributed by atoms with Gasteiger partial charge in [0.2, 0.25) is 0 Å². The molecule has 0 unspecified atom stereocenters. The van der Waals surface area contributed by atoms with Crippen LogP contribution < -0.4 is 5.32 Å². The van der Waals surface area contributed by atoms with Gasteiger partial charge in [-0.05, 0) is 32.5 Å². The minimum atomic E-state index is -0.0357. The average molecular weight is 327 g/mol. The summed E-state index contributed by atoms with van der Waals surface area (Å²) in [4.78, 5) is 16.5. The van der Waals surface area contributed by atoms with E-state index in [1.807, 2.05) is 34.0 Å². The Labute approximate surface area is 143 Å². The number of anilines is 1. The standard InChI is InChI=1S/C18H25N5O/c1-21(2)17-8-10-22(11-9-17)18(24)20-16-12-19-23(14-16)13-15-6-4-3-5-7-15/h3-7,12,14,17H,8-11,13H2,1-2H3,(H,20,24). The van der Waals surface area contributed by atoms with Crippen LogP contribution in [0.2, 0.25) is 0 Å². The summed E-state index contributed by atoms with van der Waals surface area (Å²) in [6.07, 6.45) is 5.62. The number of carbonyl (C=O) groups is 1. The van der Waals surface area contributed by atoms with Gasteiger partial charge in [-0.2, -0.15) is 5.10 Å². The van der Waals surface area contributed by atoms with Crippen LogP contribution in [0.3, 0.4) is 0 Å². The molecule has 2 aromatic rings. The number of rotatable bonds is 4. The minimum Gasteiger partial charge on any atom is -0.324 e. The Bertz CT molecular complexity index is 659. The van der Waals surface area contributed by atoms with E-state index in [4.69, 9.17) is 0 Å². The van der Waals surface area contributed by atoms with Crippen LogP contribution in [0.15, 0.2) is 42.7 Å². The number of likely N-dealkylation sites (tertiary alicyclic amines) is 1. The van der Waals surface area contributed by atoms with Crippen molar-refractivity contribution in [2.75, 3.05) is 32.5 Å². The SMILES string of the molecule is CN(C)C1CCN(C(=O)Nc2cnn(Cc3ccccc3)c2)CC1. The molecule has 3 rings (SSSR count). The fourth-order valence-electron chi connectivity index (χ4n) is 3.07. The lowest BCUT2D eigenvalue weighted by molar-refractivity contribution is 0.156. The fourth-order valence-corrected chi connectivity index (χ4v) is 3.07. The molecule has 0 radical (unpaired) electrons. The van der Waals surface area contributed by atoms with Crippen molar-refractivity contribution in [1.82, 2.24) is 19.6 Å². The molecule has 0 saturated carbocycles. The molecular weight excluding hydrogens is 302 g/mol. The molecule has 0 aliphatic carbocycles. The van der Waals surface area contributed by atoms with Gasteiger partial charge in [0, 0.05) is 25.3 Å². The van der Waals surface area contributed by atoms with E-state index >= 15 is 0 Å². The van der Waals surface area contributed by atoms with E-state index in [-0.39, 0.29) is 6.03 Å².